The molecule has 4 heteroatoms. The minimum atomic E-state index is -0.210. The number of nitrogens with zero attached hydrogens (tertiary/aromatic N) is 1. The molecule has 1 atom stereocenters. The van der Waals surface area contributed by atoms with Crippen LogP contribution in [0.3, 0.4) is 0 Å². The van der Waals surface area contributed by atoms with Gasteiger partial charge in [0.25, 0.3) is 5.91 Å². The molecule has 22 heavy (non-hydrogen) atoms. The minimum absolute atomic E-state index is 0.0447. The molecule has 1 aromatic rings. The highest BCUT2D eigenvalue weighted by molar-refractivity contribution is 5.97. The number of carbonyl (C=O) groups is 2. The zero-order valence-corrected chi connectivity index (χ0v) is 13.1. The molecule has 1 fully saturated rings. The van der Waals surface area contributed by atoms with E-state index in [1.807, 2.05) is 29.2 Å². The maximum absolute atomic E-state index is 12.8. The Balaban J connectivity index is 1.89. The molecule has 1 amide bonds. The monoisotopic (exact) mass is 301 g/mol. The molecule has 1 unspecified atom stereocenters. The van der Waals surface area contributed by atoms with Gasteiger partial charge in [0.1, 0.15) is 0 Å². The molecule has 1 aliphatic carbocycles. The number of rotatable bonds is 3. The van der Waals surface area contributed by atoms with Gasteiger partial charge in [0.2, 0.25) is 0 Å². The molecule has 1 saturated carbocycles. The van der Waals surface area contributed by atoms with Crippen molar-refractivity contribution in [1.82, 2.24) is 4.90 Å². The Morgan fingerprint density at radius 3 is 2.68 bits per heavy atom. The first-order valence-electron chi connectivity index (χ1n) is 8.17. The van der Waals surface area contributed by atoms with E-state index >= 15 is 0 Å². The number of methoxy groups -OCH3 is 1. The van der Waals surface area contributed by atoms with Crippen LogP contribution in [0.5, 0.6) is 0 Å². The van der Waals surface area contributed by atoms with Gasteiger partial charge in [-0.25, -0.2) is 0 Å². The van der Waals surface area contributed by atoms with Crippen LogP contribution in [0.1, 0.15) is 60.4 Å². The summed E-state index contributed by atoms with van der Waals surface area (Å²) in [5, 5.41) is 0. The van der Waals surface area contributed by atoms with Gasteiger partial charge < -0.3 is 9.64 Å². The summed E-state index contributed by atoms with van der Waals surface area (Å²) in [5.74, 6) is -0.0374. The summed E-state index contributed by atoms with van der Waals surface area (Å²) in [6.07, 6.45) is 6.15. The Morgan fingerprint density at radius 1 is 1.23 bits per heavy atom. The van der Waals surface area contributed by atoms with Crippen molar-refractivity contribution in [3.8, 4) is 0 Å². The van der Waals surface area contributed by atoms with Crippen LogP contribution in [0.15, 0.2) is 24.3 Å². The molecule has 1 aromatic carbocycles. The average molecular weight is 301 g/mol. The van der Waals surface area contributed by atoms with E-state index in [4.69, 9.17) is 4.74 Å². The fraction of sp³-hybridized carbons (Fsp3) is 0.556. The second-order valence-corrected chi connectivity index (χ2v) is 6.31. The van der Waals surface area contributed by atoms with Crippen LogP contribution < -0.4 is 0 Å². The summed E-state index contributed by atoms with van der Waals surface area (Å²) in [7, 11) is 1.42. The number of benzene rings is 1. The maximum atomic E-state index is 12.8. The summed E-state index contributed by atoms with van der Waals surface area (Å²) < 4.78 is 4.83. The third-order valence-corrected chi connectivity index (χ3v) is 4.97. The first-order valence-corrected chi connectivity index (χ1v) is 8.17. The minimum Gasteiger partial charge on any atom is -0.469 e. The lowest BCUT2D eigenvalue weighted by molar-refractivity contribution is -0.141. The van der Waals surface area contributed by atoms with Gasteiger partial charge in [-0.05, 0) is 24.5 Å². The normalized spacial score (nSPS) is 22.3. The Kier molecular flexibility index (Phi) is 4.46. The van der Waals surface area contributed by atoms with Gasteiger partial charge in [0.05, 0.1) is 13.5 Å². The molecule has 3 rings (SSSR count). The smallest absolute Gasteiger partial charge is 0.306 e. The largest absolute Gasteiger partial charge is 0.469 e. The number of fused-ring (bicyclic) bond motifs is 1. The van der Waals surface area contributed by atoms with Gasteiger partial charge in [0, 0.05) is 24.1 Å². The average Bonchev–Trinajstić information content (AvgIpc) is 2.58. The van der Waals surface area contributed by atoms with Crippen molar-refractivity contribution in [3.63, 3.8) is 0 Å². The van der Waals surface area contributed by atoms with Gasteiger partial charge >= 0.3 is 5.97 Å². The standard InChI is InChI=1S/C18H23NO3/c1-22-17(20)11-13-12-19(14-7-3-2-4-8-14)18(21)16-10-6-5-9-15(13)16/h5-6,9-10,13-14H,2-4,7-8,11-12H2,1H3. The molecule has 0 bridgehead atoms. The third kappa shape index (κ3) is 2.87. The molecule has 0 radical (unpaired) electrons. The SMILES string of the molecule is COC(=O)CC1CN(C2CCCCC2)C(=O)c2ccccc21. The van der Waals surface area contributed by atoms with Crippen molar-refractivity contribution in [2.45, 2.75) is 50.5 Å². The van der Waals surface area contributed by atoms with Gasteiger partial charge in [-0.3, -0.25) is 9.59 Å². The number of amides is 1. The van der Waals surface area contributed by atoms with Gasteiger partial charge in [0.15, 0.2) is 0 Å². The van der Waals surface area contributed by atoms with Crippen LogP contribution in [0.2, 0.25) is 0 Å². The Labute approximate surface area is 131 Å². The molecular formula is C18H23NO3. The summed E-state index contributed by atoms with van der Waals surface area (Å²) in [6.45, 7) is 0.635. The van der Waals surface area contributed by atoms with Crippen molar-refractivity contribution in [1.29, 1.82) is 0 Å². The highest BCUT2D eigenvalue weighted by Crippen LogP contribution is 2.34. The van der Waals surface area contributed by atoms with Crippen LogP contribution in [0, 0.1) is 0 Å². The molecule has 2 aliphatic rings. The van der Waals surface area contributed by atoms with Gasteiger partial charge in [-0.15, -0.1) is 0 Å². The fourth-order valence-electron chi connectivity index (χ4n) is 3.79. The highest BCUT2D eigenvalue weighted by Gasteiger charge is 2.36. The molecule has 0 spiro atoms. The van der Waals surface area contributed by atoms with Crippen LogP contribution >= 0.6 is 0 Å². The van der Waals surface area contributed by atoms with Gasteiger partial charge in [-0.2, -0.15) is 0 Å². The molecule has 0 saturated heterocycles. The van der Waals surface area contributed by atoms with Crippen molar-refractivity contribution in [2.24, 2.45) is 0 Å². The molecular weight excluding hydrogens is 278 g/mol. The number of ether oxygens (including phenoxy) is 1. The number of esters is 1. The fourth-order valence-corrected chi connectivity index (χ4v) is 3.79. The van der Waals surface area contributed by atoms with Gasteiger partial charge in [-0.1, -0.05) is 37.5 Å². The number of hydrogen-bond donors (Lipinski definition) is 0. The third-order valence-electron chi connectivity index (χ3n) is 4.97. The summed E-state index contributed by atoms with van der Waals surface area (Å²) in [5.41, 5.74) is 1.75. The second-order valence-electron chi connectivity index (χ2n) is 6.31. The van der Waals surface area contributed by atoms with E-state index in [0.29, 0.717) is 19.0 Å². The molecule has 1 aliphatic heterocycles. The number of carbonyl (C=O) groups excluding carboxylic acids is 2. The molecule has 4 nitrogen and oxygen atoms in total. The van der Waals surface area contributed by atoms with Crippen LogP contribution in [0.4, 0.5) is 0 Å². The van der Waals surface area contributed by atoms with E-state index in [1.165, 1.54) is 26.4 Å². The Bertz CT molecular complexity index is 563. The van der Waals surface area contributed by atoms with E-state index in [2.05, 4.69) is 0 Å². The Morgan fingerprint density at radius 2 is 1.95 bits per heavy atom. The zero-order valence-electron chi connectivity index (χ0n) is 13.1. The van der Waals surface area contributed by atoms with E-state index in [9.17, 15) is 9.59 Å². The molecule has 0 aromatic heterocycles. The number of hydrogen-bond acceptors (Lipinski definition) is 3. The lowest BCUT2D eigenvalue weighted by Gasteiger charge is -2.40. The van der Waals surface area contributed by atoms with E-state index in [-0.39, 0.29) is 17.8 Å². The predicted molar refractivity (Wildman–Crippen MR) is 83.7 cm³/mol. The Hall–Kier alpha value is -1.84. The van der Waals surface area contributed by atoms with Crippen molar-refractivity contribution in [2.75, 3.05) is 13.7 Å². The summed E-state index contributed by atoms with van der Waals surface area (Å²) in [6, 6.07) is 8.02. The van der Waals surface area contributed by atoms with Crippen LogP contribution in [-0.4, -0.2) is 36.5 Å². The van der Waals surface area contributed by atoms with Crippen molar-refractivity contribution < 1.29 is 14.3 Å². The van der Waals surface area contributed by atoms with Crippen LogP contribution in [-0.2, 0) is 9.53 Å². The van der Waals surface area contributed by atoms with Crippen molar-refractivity contribution in [3.05, 3.63) is 35.4 Å². The highest BCUT2D eigenvalue weighted by atomic mass is 16.5. The first-order chi connectivity index (χ1) is 10.7. The molecule has 0 N–H and O–H groups in total. The second kappa shape index (κ2) is 6.51. The molecule has 1 heterocycles. The topological polar surface area (TPSA) is 46.6 Å². The molecule has 118 valence electrons. The quantitative estimate of drug-likeness (QED) is 0.806. The maximum Gasteiger partial charge on any atom is 0.306 e. The predicted octanol–water partition coefficient (Wildman–Crippen LogP) is 3.12. The van der Waals surface area contributed by atoms with E-state index in [0.717, 1.165) is 24.0 Å². The first kappa shape index (κ1) is 15.1. The lowest BCUT2D eigenvalue weighted by atomic mass is 9.84. The van der Waals surface area contributed by atoms with E-state index in [1.54, 1.807) is 0 Å². The van der Waals surface area contributed by atoms with E-state index < -0.39 is 0 Å². The van der Waals surface area contributed by atoms with Crippen LogP contribution in [0.25, 0.3) is 0 Å². The summed E-state index contributed by atoms with van der Waals surface area (Å²) >= 11 is 0. The van der Waals surface area contributed by atoms with Crippen molar-refractivity contribution >= 4 is 11.9 Å². The summed E-state index contributed by atoms with van der Waals surface area (Å²) in [4.78, 5) is 26.6. The zero-order chi connectivity index (χ0) is 15.5. The lowest BCUT2D eigenvalue weighted by Crippen LogP contribution is -2.47.